The van der Waals surface area contributed by atoms with Crippen molar-refractivity contribution < 1.29 is 28.7 Å². The van der Waals surface area contributed by atoms with Crippen LogP contribution in [0, 0.1) is 0 Å². The number of carbonyl (C=O) groups excluding carboxylic acids is 4. The highest BCUT2D eigenvalue weighted by atomic mass is 16.6. The molecule has 4 rings (SSSR count). The number of carbonyl (C=O) groups is 4. The van der Waals surface area contributed by atoms with Crippen molar-refractivity contribution in [2.45, 2.75) is 77.9 Å². The maximum atomic E-state index is 12.3. The Balaban J connectivity index is 0.973. The van der Waals surface area contributed by atoms with Crippen molar-refractivity contribution in [3.05, 3.63) is 143 Å². The third-order valence-electron chi connectivity index (χ3n) is 7.88. The van der Waals surface area contributed by atoms with Crippen molar-refractivity contribution in [3.8, 4) is 0 Å². The normalized spacial score (nSPS) is 10.5. The van der Waals surface area contributed by atoms with Gasteiger partial charge in [-0.05, 0) is 46.2 Å². The number of benzene rings is 4. The molecule has 262 valence electrons. The maximum absolute atomic E-state index is 12.3. The van der Waals surface area contributed by atoms with Crippen LogP contribution < -0.4 is 21.3 Å². The molecule has 0 fully saturated rings. The van der Waals surface area contributed by atoms with Crippen LogP contribution in [0.4, 0.5) is 9.59 Å². The number of alkyl carbamates (subject to hydrolysis) is 2. The molecule has 0 atom stereocenters. The van der Waals surface area contributed by atoms with Crippen LogP contribution in [0.1, 0.15) is 71.9 Å². The fourth-order valence-corrected chi connectivity index (χ4v) is 4.95. The van der Waals surface area contributed by atoms with Gasteiger partial charge in [0.05, 0.1) is 0 Å². The second kappa shape index (κ2) is 21.4. The smallest absolute Gasteiger partial charge is 0.407 e. The molecule has 0 heterocycles. The van der Waals surface area contributed by atoms with E-state index in [1.165, 1.54) is 0 Å². The van der Waals surface area contributed by atoms with E-state index in [9.17, 15) is 19.2 Å². The number of hydrogen-bond acceptors (Lipinski definition) is 6. The molecule has 0 saturated carbocycles. The van der Waals surface area contributed by atoms with Crippen LogP contribution in [-0.2, 0) is 58.5 Å². The number of amides is 4. The van der Waals surface area contributed by atoms with Crippen LogP contribution in [0.5, 0.6) is 0 Å². The van der Waals surface area contributed by atoms with E-state index in [2.05, 4.69) is 21.3 Å². The van der Waals surface area contributed by atoms with Crippen LogP contribution in [0.2, 0.25) is 0 Å². The predicted octanol–water partition coefficient (Wildman–Crippen LogP) is 6.81. The molecule has 0 bridgehead atoms. The average Bonchev–Trinajstić information content (AvgIpc) is 3.16. The van der Waals surface area contributed by atoms with Gasteiger partial charge in [-0.25, -0.2) is 9.59 Å². The summed E-state index contributed by atoms with van der Waals surface area (Å²) in [7, 11) is 0. The van der Waals surface area contributed by atoms with Gasteiger partial charge < -0.3 is 30.7 Å². The molecule has 10 heteroatoms. The topological polar surface area (TPSA) is 135 Å². The van der Waals surface area contributed by atoms with Crippen LogP contribution in [0.15, 0.2) is 109 Å². The minimum Gasteiger partial charge on any atom is -0.445 e. The second-order valence-corrected chi connectivity index (χ2v) is 11.9. The zero-order chi connectivity index (χ0) is 35.2. The van der Waals surface area contributed by atoms with Gasteiger partial charge in [-0.1, -0.05) is 122 Å². The Labute approximate surface area is 294 Å². The molecule has 4 N–H and O–H groups in total. The number of nitrogens with one attached hydrogen (secondary N) is 4. The van der Waals surface area contributed by atoms with E-state index < -0.39 is 12.2 Å². The second-order valence-electron chi connectivity index (χ2n) is 11.9. The summed E-state index contributed by atoms with van der Waals surface area (Å²) in [6, 6.07) is 34.4. The lowest BCUT2D eigenvalue weighted by molar-refractivity contribution is -0.122. The first-order chi connectivity index (χ1) is 24.4. The van der Waals surface area contributed by atoms with E-state index in [0.29, 0.717) is 39.0 Å². The lowest BCUT2D eigenvalue weighted by atomic mass is 10.1. The molecule has 10 nitrogen and oxygen atoms in total. The highest BCUT2D eigenvalue weighted by Crippen LogP contribution is 2.09. The lowest BCUT2D eigenvalue weighted by Gasteiger charge is -2.09. The molecule has 0 aromatic heterocycles. The molecule has 0 radical (unpaired) electrons. The summed E-state index contributed by atoms with van der Waals surface area (Å²) in [5, 5.41) is 11.4. The largest absolute Gasteiger partial charge is 0.445 e. The first kappa shape index (κ1) is 37.2. The van der Waals surface area contributed by atoms with E-state index in [-0.39, 0.29) is 25.0 Å². The maximum Gasteiger partial charge on any atom is 0.407 e. The van der Waals surface area contributed by atoms with Crippen molar-refractivity contribution in [3.63, 3.8) is 0 Å². The summed E-state index contributed by atoms with van der Waals surface area (Å²) >= 11 is 0. The molecule has 50 heavy (non-hydrogen) atoms. The predicted molar refractivity (Wildman–Crippen MR) is 191 cm³/mol. The molecule has 0 aliphatic rings. The van der Waals surface area contributed by atoms with Gasteiger partial charge in [0.1, 0.15) is 13.2 Å². The van der Waals surface area contributed by atoms with E-state index in [0.717, 1.165) is 59.1 Å². The standard InChI is InChI=1S/C40H46N4O6/c45-37(41-25-31-17-21-33(22-18-31)27-43-39(47)49-29-35-11-5-3-6-12-35)15-9-1-2-10-16-38(46)42-26-32-19-23-34(24-20-32)28-44-40(48)50-30-36-13-7-4-8-14-36/h3-8,11-14,17-24H,1-2,9-10,15-16,25-30H2,(H,41,45)(H,42,46)(H,43,47)(H,44,48). The molecular weight excluding hydrogens is 632 g/mol. The summed E-state index contributed by atoms with van der Waals surface area (Å²) in [5.74, 6) is -0.00104. The Hall–Kier alpha value is -5.64. The highest BCUT2D eigenvalue weighted by molar-refractivity contribution is 5.76. The van der Waals surface area contributed by atoms with Gasteiger partial charge in [-0.3, -0.25) is 9.59 Å². The zero-order valence-electron chi connectivity index (χ0n) is 28.3. The number of ether oxygens (including phenoxy) is 2. The SMILES string of the molecule is O=C(CCCCCCC(=O)NCc1ccc(CNC(=O)OCc2ccccc2)cc1)NCc1ccc(CNC(=O)OCc2ccccc2)cc1. The Bertz CT molecular complexity index is 1490. The number of rotatable bonds is 19. The summed E-state index contributed by atoms with van der Waals surface area (Å²) in [6.45, 7) is 2.03. The number of unbranched alkanes of at least 4 members (excludes halogenated alkanes) is 3. The van der Waals surface area contributed by atoms with E-state index in [1.807, 2.05) is 109 Å². The minimum atomic E-state index is -0.473. The third-order valence-corrected chi connectivity index (χ3v) is 7.88. The lowest BCUT2D eigenvalue weighted by Crippen LogP contribution is -2.24. The van der Waals surface area contributed by atoms with Gasteiger partial charge in [0.2, 0.25) is 11.8 Å². The monoisotopic (exact) mass is 678 g/mol. The van der Waals surface area contributed by atoms with Gasteiger partial charge in [0.15, 0.2) is 0 Å². The van der Waals surface area contributed by atoms with E-state index in [1.54, 1.807) is 0 Å². The third kappa shape index (κ3) is 15.1. The molecule has 0 unspecified atom stereocenters. The average molecular weight is 679 g/mol. The molecule has 0 spiro atoms. The molecule has 0 saturated heterocycles. The van der Waals surface area contributed by atoms with Crippen LogP contribution in [-0.4, -0.2) is 24.0 Å². The molecule has 4 amide bonds. The molecule has 0 aliphatic heterocycles. The fraction of sp³-hybridized carbons (Fsp3) is 0.300. The van der Waals surface area contributed by atoms with E-state index >= 15 is 0 Å². The van der Waals surface area contributed by atoms with Gasteiger partial charge in [-0.2, -0.15) is 0 Å². The first-order valence-electron chi connectivity index (χ1n) is 17.0. The van der Waals surface area contributed by atoms with Gasteiger partial charge >= 0.3 is 12.2 Å². The summed E-state index contributed by atoms with van der Waals surface area (Å²) < 4.78 is 10.5. The highest BCUT2D eigenvalue weighted by Gasteiger charge is 2.07. The van der Waals surface area contributed by atoms with Crippen molar-refractivity contribution in [2.75, 3.05) is 0 Å². The number of hydrogen-bond donors (Lipinski definition) is 4. The van der Waals surface area contributed by atoms with Crippen LogP contribution >= 0.6 is 0 Å². The first-order valence-corrected chi connectivity index (χ1v) is 17.0. The molecular formula is C40H46N4O6. The Morgan fingerprint density at radius 3 is 1.04 bits per heavy atom. The van der Waals surface area contributed by atoms with E-state index in [4.69, 9.17) is 9.47 Å². The van der Waals surface area contributed by atoms with Crippen LogP contribution in [0.3, 0.4) is 0 Å². The summed E-state index contributed by atoms with van der Waals surface area (Å²) in [6.07, 6.45) is 3.24. The molecule has 4 aromatic carbocycles. The Kier molecular flexibility index (Phi) is 15.9. The molecule has 4 aromatic rings. The van der Waals surface area contributed by atoms with Crippen molar-refractivity contribution in [1.29, 1.82) is 0 Å². The Morgan fingerprint density at radius 2 is 0.700 bits per heavy atom. The summed E-state index contributed by atoms with van der Waals surface area (Å²) in [4.78, 5) is 48.5. The van der Waals surface area contributed by atoms with Crippen LogP contribution in [0.25, 0.3) is 0 Å². The zero-order valence-corrected chi connectivity index (χ0v) is 28.3. The quantitative estimate of drug-likeness (QED) is 0.0805. The summed E-state index contributed by atoms with van der Waals surface area (Å²) in [5.41, 5.74) is 5.68. The van der Waals surface area contributed by atoms with Crippen molar-refractivity contribution >= 4 is 24.0 Å². The fourth-order valence-electron chi connectivity index (χ4n) is 4.95. The minimum absolute atomic E-state index is 0.000520. The van der Waals surface area contributed by atoms with Gasteiger partial charge in [0, 0.05) is 39.0 Å². The van der Waals surface area contributed by atoms with Crippen molar-refractivity contribution in [1.82, 2.24) is 21.3 Å². The van der Waals surface area contributed by atoms with Gasteiger partial charge in [0.25, 0.3) is 0 Å². The Morgan fingerprint density at radius 1 is 0.380 bits per heavy atom. The van der Waals surface area contributed by atoms with Crippen molar-refractivity contribution in [2.24, 2.45) is 0 Å². The molecule has 0 aliphatic carbocycles. The van der Waals surface area contributed by atoms with Gasteiger partial charge in [-0.15, -0.1) is 0 Å².